The van der Waals surface area contributed by atoms with E-state index in [-0.39, 0.29) is 11.4 Å². The predicted octanol–water partition coefficient (Wildman–Crippen LogP) is 6.88. The zero-order chi connectivity index (χ0) is 25.9. The molecule has 0 bridgehead atoms. The normalized spacial score (nSPS) is 16.0. The summed E-state index contributed by atoms with van der Waals surface area (Å²) in [5.41, 5.74) is 5.00. The van der Waals surface area contributed by atoms with Gasteiger partial charge < -0.3 is 9.47 Å². The van der Waals surface area contributed by atoms with E-state index in [0.717, 1.165) is 26.0 Å². The fourth-order valence-corrected chi connectivity index (χ4v) is 5.78. The first-order valence-electron chi connectivity index (χ1n) is 11.8. The maximum absolute atomic E-state index is 12.9. The van der Waals surface area contributed by atoms with E-state index in [0.29, 0.717) is 29.9 Å². The molecule has 0 radical (unpaired) electrons. The molecule has 1 amide bonds. The van der Waals surface area contributed by atoms with Crippen molar-refractivity contribution in [1.29, 1.82) is 5.41 Å². The van der Waals surface area contributed by atoms with E-state index in [1.807, 2.05) is 66.9 Å². The van der Waals surface area contributed by atoms with Crippen LogP contribution in [0.1, 0.15) is 29.2 Å². The summed E-state index contributed by atoms with van der Waals surface area (Å²) < 4.78 is 12.9. The van der Waals surface area contributed by atoms with Crippen LogP contribution in [0.4, 0.5) is 0 Å². The number of amidine groups is 2. The van der Waals surface area contributed by atoms with Gasteiger partial charge in [0, 0.05) is 5.41 Å². The number of aryl methyl sites for hydroxylation is 1. The Morgan fingerprint density at radius 3 is 2.65 bits per heavy atom. The van der Waals surface area contributed by atoms with Crippen LogP contribution < -0.4 is 9.47 Å². The number of nitrogens with one attached hydrogen (secondary N) is 1. The number of nitrogens with zero attached hydrogens (tertiary/aromatic N) is 2. The number of fused-ring (bicyclic) bond motifs is 1. The molecule has 0 saturated heterocycles. The Kier molecular flexibility index (Phi) is 7.48. The van der Waals surface area contributed by atoms with Crippen molar-refractivity contribution in [3.8, 4) is 11.5 Å². The van der Waals surface area contributed by atoms with E-state index in [1.54, 1.807) is 11.0 Å². The number of carbonyl (C=O) groups excluding carboxylic acids is 1. The maximum atomic E-state index is 12.9. The first-order chi connectivity index (χ1) is 17.9. The Labute approximate surface area is 233 Å². The number of amides is 1. The Balaban J connectivity index is 1.45. The molecular weight excluding hydrogens is 597 g/mol. The van der Waals surface area contributed by atoms with Crippen LogP contribution in [0.25, 0.3) is 11.8 Å². The van der Waals surface area contributed by atoms with Crippen LogP contribution in [0.15, 0.2) is 82.7 Å². The fraction of sp³-hybridized carbons (Fsp3) is 0.138. The van der Waals surface area contributed by atoms with Gasteiger partial charge in [0.15, 0.2) is 16.7 Å². The topological polar surface area (TPSA) is 75.0 Å². The van der Waals surface area contributed by atoms with Crippen LogP contribution in [-0.2, 0) is 11.4 Å². The molecule has 3 aromatic rings. The number of ether oxygens (including phenoxy) is 2. The lowest BCUT2D eigenvalue weighted by molar-refractivity contribution is -0.114. The number of rotatable bonds is 7. The number of hydrogen-bond acceptors (Lipinski definition) is 5. The van der Waals surface area contributed by atoms with Crippen molar-refractivity contribution < 1.29 is 14.3 Å². The van der Waals surface area contributed by atoms with Gasteiger partial charge in [0.1, 0.15) is 12.4 Å². The maximum Gasteiger partial charge on any atom is 0.283 e. The summed E-state index contributed by atoms with van der Waals surface area (Å²) in [5, 5.41) is 11.3. The number of carbonyl (C=O) groups is 1. The average Bonchev–Trinajstić information content (AvgIpc) is 3.31. The second kappa shape index (κ2) is 10.9. The summed E-state index contributed by atoms with van der Waals surface area (Å²) in [4.78, 5) is 18.9. The van der Waals surface area contributed by atoms with Crippen LogP contribution in [-0.4, -0.2) is 28.4 Å². The zero-order valence-electron chi connectivity index (χ0n) is 20.3. The molecule has 0 saturated carbocycles. The minimum Gasteiger partial charge on any atom is -0.490 e. The SMILES string of the molecule is CCOc1cc(/C=C2/C(=N)N3C(c4ccccc4)=CSC3=NC2=O)cc(I)c1OCc1cccc(C)c1. The van der Waals surface area contributed by atoms with Crippen LogP contribution in [0.3, 0.4) is 0 Å². The van der Waals surface area contributed by atoms with Gasteiger partial charge in [-0.3, -0.25) is 15.1 Å². The summed E-state index contributed by atoms with van der Waals surface area (Å²) >= 11 is 3.57. The zero-order valence-corrected chi connectivity index (χ0v) is 23.3. The minimum atomic E-state index is -0.431. The highest BCUT2D eigenvalue weighted by Crippen LogP contribution is 2.39. The molecule has 2 aliphatic rings. The van der Waals surface area contributed by atoms with Gasteiger partial charge in [-0.2, -0.15) is 4.99 Å². The molecule has 2 aliphatic heterocycles. The van der Waals surface area contributed by atoms with Gasteiger partial charge in [0.05, 0.1) is 21.4 Å². The third-order valence-electron chi connectivity index (χ3n) is 5.79. The third-order valence-corrected chi connectivity index (χ3v) is 7.42. The van der Waals surface area contributed by atoms with E-state index in [2.05, 4.69) is 46.6 Å². The van der Waals surface area contributed by atoms with Crippen molar-refractivity contribution in [1.82, 2.24) is 4.90 Å². The number of halogens is 1. The molecule has 8 heteroatoms. The van der Waals surface area contributed by atoms with Crippen molar-refractivity contribution in [3.63, 3.8) is 0 Å². The van der Waals surface area contributed by atoms with Crippen LogP contribution in [0.5, 0.6) is 11.5 Å². The van der Waals surface area contributed by atoms with E-state index < -0.39 is 5.91 Å². The van der Waals surface area contributed by atoms with Gasteiger partial charge in [0.25, 0.3) is 5.91 Å². The molecule has 0 aromatic heterocycles. The van der Waals surface area contributed by atoms with E-state index in [9.17, 15) is 4.79 Å². The Bertz CT molecular complexity index is 1480. The summed E-state index contributed by atoms with van der Waals surface area (Å²) in [6, 6.07) is 21.8. The molecule has 5 rings (SSSR count). The minimum absolute atomic E-state index is 0.0999. The third kappa shape index (κ3) is 5.35. The van der Waals surface area contributed by atoms with E-state index in [4.69, 9.17) is 14.9 Å². The van der Waals surface area contributed by atoms with Gasteiger partial charge in [-0.15, -0.1) is 0 Å². The average molecular weight is 622 g/mol. The molecule has 0 spiro atoms. The van der Waals surface area contributed by atoms with Gasteiger partial charge in [0.2, 0.25) is 0 Å². The Morgan fingerprint density at radius 1 is 1.08 bits per heavy atom. The molecule has 0 fully saturated rings. The van der Waals surface area contributed by atoms with Crippen LogP contribution in [0.2, 0.25) is 0 Å². The first-order valence-corrected chi connectivity index (χ1v) is 13.7. The summed E-state index contributed by atoms with van der Waals surface area (Å²) in [7, 11) is 0. The molecule has 3 aromatic carbocycles. The standard InChI is InChI=1S/C29H24IN3O3S/c1-3-35-25-15-20(14-23(30)26(25)36-16-19-9-7-8-18(2)12-19)13-22-27(31)33-24(21-10-5-4-6-11-21)17-37-29(33)32-28(22)34/h4-15,17,31H,3,16H2,1-2H3/b22-13-,31-27?. The van der Waals surface area contributed by atoms with Gasteiger partial charge in [-0.25, -0.2) is 0 Å². The van der Waals surface area contributed by atoms with Crippen LogP contribution in [0, 0.1) is 15.9 Å². The highest BCUT2D eigenvalue weighted by atomic mass is 127. The molecule has 0 atom stereocenters. The molecular formula is C29H24IN3O3S. The predicted molar refractivity (Wildman–Crippen MR) is 158 cm³/mol. The quantitative estimate of drug-likeness (QED) is 0.230. The van der Waals surface area contributed by atoms with Crippen molar-refractivity contribution in [2.24, 2.45) is 4.99 Å². The lowest BCUT2D eigenvalue weighted by Crippen LogP contribution is -2.38. The fourth-order valence-electron chi connectivity index (χ4n) is 4.11. The molecule has 2 heterocycles. The van der Waals surface area contributed by atoms with Gasteiger partial charge >= 0.3 is 0 Å². The smallest absolute Gasteiger partial charge is 0.283 e. The van der Waals surface area contributed by atoms with Crippen molar-refractivity contribution >= 4 is 63.0 Å². The lowest BCUT2D eigenvalue weighted by atomic mass is 10.1. The Morgan fingerprint density at radius 2 is 1.89 bits per heavy atom. The van der Waals surface area contributed by atoms with Crippen LogP contribution >= 0.6 is 34.4 Å². The molecule has 0 aliphatic carbocycles. The molecule has 6 nitrogen and oxygen atoms in total. The first kappa shape index (κ1) is 25.3. The highest BCUT2D eigenvalue weighted by molar-refractivity contribution is 14.1. The number of thioether (sulfide) groups is 1. The molecule has 37 heavy (non-hydrogen) atoms. The molecule has 186 valence electrons. The molecule has 0 unspecified atom stereocenters. The summed E-state index contributed by atoms with van der Waals surface area (Å²) in [6.07, 6.45) is 1.70. The van der Waals surface area contributed by atoms with Crippen molar-refractivity contribution in [3.05, 3.63) is 104 Å². The van der Waals surface area contributed by atoms with E-state index >= 15 is 0 Å². The number of benzene rings is 3. The summed E-state index contributed by atoms with van der Waals surface area (Å²) in [6.45, 7) is 4.86. The Hall–Kier alpha value is -3.37. The molecule has 1 N–H and O–H groups in total. The lowest BCUT2D eigenvalue weighted by Gasteiger charge is -2.27. The summed E-state index contributed by atoms with van der Waals surface area (Å²) in [5.74, 6) is 0.915. The van der Waals surface area contributed by atoms with Crippen molar-refractivity contribution in [2.45, 2.75) is 20.5 Å². The number of hydrogen-bond donors (Lipinski definition) is 1. The second-order valence-corrected chi connectivity index (χ2v) is 10.5. The largest absolute Gasteiger partial charge is 0.490 e. The monoisotopic (exact) mass is 621 g/mol. The van der Waals surface area contributed by atoms with Crippen molar-refractivity contribution in [2.75, 3.05) is 6.61 Å². The van der Waals surface area contributed by atoms with E-state index in [1.165, 1.54) is 17.3 Å². The van der Waals surface area contributed by atoms with Gasteiger partial charge in [-0.1, -0.05) is 71.9 Å². The van der Waals surface area contributed by atoms with Gasteiger partial charge in [-0.05, 0) is 71.3 Å². The highest BCUT2D eigenvalue weighted by Gasteiger charge is 2.36. The second-order valence-electron chi connectivity index (χ2n) is 8.47. The number of aliphatic imine (C=N–C) groups is 1.